The summed E-state index contributed by atoms with van der Waals surface area (Å²) in [4.78, 5) is 12.2. The quantitative estimate of drug-likeness (QED) is 0.284. The third-order valence-electron chi connectivity index (χ3n) is 4.42. The average molecular weight is 394 g/mol. The van der Waals surface area contributed by atoms with Crippen molar-refractivity contribution in [1.82, 2.24) is 0 Å². The Balaban J connectivity index is 1.85. The zero-order valence-corrected chi connectivity index (χ0v) is 16.8. The van der Waals surface area contributed by atoms with Crippen molar-refractivity contribution in [2.24, 2.45) is 0 Å². The summed E-state index contributed by atoms with van der Waals surface area (Å²) in [5, 5.41) is 11.9. The second-order valence-corrected chi connectivity index (χ2v) is 6.82. The third-order valence-corrected chi connectivity index (χ3v) is 4.42. The number of amides is 1. The zero-order chi connectivity index (χ0) is 20.9. The molecule has 0 saturated carbocycles. The summed E-state index contributed by atoms with van der Waals surface area (Å²) in [5.74, 6) is -0.162. The van der Waals surface area contributed by atoms with E-state index in [1.54, 1.807) is 12.1 Å². The summed E-state index contributed by atoms with van der Waals surface area (Å²) in [5.41, 5.74) is 1.12. The second-order valence-electron chi connectivity index (χ2n) is 6.82. The number of hydrogen-bond acceptors (Lipinski definition) is 3. The molecule has 0 heterocycles. The number of rotatable bonds is 11. The van der Waals surface area contributed by atoms with Crippen molar-refractivity contribution >= 4 is 17.7 Å². The van der Waals surface area contributed by atoms with E-state index in [2.05, 4.69) is 12.2 Å². The van der Waals surface area contributed by atoms with Crippen LogP contribution in [0.3, 0.4) is 0 Å². The van der Waals surface area contributed by atoms with Gasteiger partial charge in [0, 0.05) is 5.69 Å². The molecule has 0 unspecified atom stereocenters. The van der Waals surface area contributed by atoms with Crippen LogP contribution in [0.15, 0.2) is 54.1 Å². The fraction of sp³-hybridized carbons (Fsp3) is 0.333. The smallest absolute Gasteiger partial charge is 0.266 e. The van der Waals surface area contributed by atoms with E-state index < -0.39 is 11.7 Å². The number of benzene rings is 2. The first-order chi connectivity index (χ1) is 14.1. The maximum atomic E-state index is 12.9. The highest BCUT2D eigenvalue weighted by Gasteiger charge is 2.09. The van der Waals surface area contributed by atoms with Crippen LogP contribution >= 0.6 is 0 Å². The summed E-state index contributed by atoms with van der Waals surface area (Å²) in [6.07, 6.45) is 8.80. The molecule has 0 radical (unpaired) electrons. The van der Waals surface area contributed by atoms with E-state index >= 15 is 0 Å². The Morgan fingerprint density at radius 3 is 2.34 bits per heavy atom. The minimum absolute atomic E-state index is 0.0323. The fourth-order valence-electron chi connectivity index (χ4n) is 2.78. The molecule has 0 aromatic heterocycles. The summed E-state index contributed by atoms with van der Waals surface area (Å²) in [6, 6.07) is 14.5. The van der Waals surface area contributed by atoms with Gasteiger partial charge in [-0.3, -0.25) is 4.79 Å². The highest BCUT2D eigenvalue weighted by atomic mass is 19.1. The van der Waals surface area contributed by atoms with Crippen molar-refractivity contribution in [3.63, 3.8) is 0 Å². The summed E-state index contributed by atoms with van der Waals surface area (Å²) >= 11 is 0. The molecule has 0 aliphatic rings. The van der Waals surface area contributed by atoms with Gasteiger partial charge < -0.3 is 10.1 Å². The molecule has 0 saturated heterocycles. The van der Waals surface area contributed by atoms with Gasteiger partial charge in [0.2, 0.25) is 0 Å². The minimum Gasteiger partial charge on any atom is -0.494 e. The largest absolute Gasteiger partial charge is 0.494 e. The van der Waals surface area contributed by atoms with Gasteiger partial charge in [-0.15, -0.1) is 0 Å². The number of ether oxygens (including phenoxy) is 1. The van der Waals surface area contributed by atoms with Crippen LogP contribution in [0.5, 0.6) is 5.75 Å². The number of hydrogen-bond donors (Lipinski definition) is 1. The van der Waals surface area contributed by atoms with Gasteiger partial charge in [0.25, 0.3) is 5.91 Å². The van der Waals surface area contributed by atoms with Crippen LogP contribution in [0.25, 0.3) is 6.08 Å². The fourth-order valence-corrected chi connectivity index (χ4v) is 2.78. The van der Waals surface area contributed by atoms with E-state index in [0.29, 0.717) is 12.3 Å². The SMILES string of the molecule is CCCCCCCCOc1ccc(/C=C(\C#N)C(=O)Nc2ccc(F)cc2)cc1. The van der Waals surface area contributed by atoms with Crippen molar-refractivity contribution in [3.8, 4) is 11.8 Å². The van der Waals surface area contributed by atoms with E-state index in [1.807, 2.05) is 18.2 Å². The normalized spacial score (nSPS) is 11.0. The van der Waals surface area contributed by atoms with Crippen LogP contribution in [-0.2, 0) is 4.79 Å². The number of unbranched alkanes of at least 4 members (excludes halogenated alkanes) is 5. The topological polar surface area (TPSA) is 62.1 Å². The van der Waals surface area contributed by atoms with Crippen molar-refractivity contribution in [1.29, 1.82) is 5.26 Å². The predicted molar refractivity (Wildman–Crippen MR) is 114 cm³/mol. The molecule has 0 fully saturated rings. The van der Waals surface area contributed by atoms with Gasteiger partial charge in [0.05, 0.1) is 6.61 Å². The van der Waals surface area contributed by atoms with Crippen LogP contribution in [-0.4, -0.2) is 12.5 Å². The van der Waals surface area contributed by atoms with Gasteiger partial charge in [-0.25, -0.2) is 4.39 Å². The minimum atomic E-state index is -0.539. The van der Waals surface area contributed by atoms with Crippen LogP contribution in [0.1, 0.15) is 51.0 Å². The number of nitrogens with one attached hydrogen (secondary N) is 1. The molecule has 2 rings (SSSR count). The number of halogens is 1. The molecule has 5 heteroatoms. The van der Waals surface area contributed by atoms with Crippen LogP contribution < -0.4 is 10.1 Å². The molecule has 0 atom stereocenters. The monoisotopic (exact) mass is 394 g/mol. The lowest BCUT2D eigenvalue weighted by molar-refractivity contribution is -0.112. The summed E-state index contributed by atoms with van der Waals surface area (Å²) < 4.78 is 18.7. The van der Waals surface area contributed by atoms with Crippen molar-refractivity contribution in [2.75, 3.05) is 11.9 Å². The van der Waals surface area contributed by atoms with E-state index in [9.17, 15) is 14.4 Å². The van der Waals surface area contributed by atoms with Gasteiger partial charge in [0.1, 0.15) is 23.2 Å². The standard InChI is InChI=1S/C24H27FN2O2/c1-2-3-4-5-6-7-16-29-23-14-8-19(9-15-23)17-20(18-26)24(28)27-22-12-10-21(25)11-13-22/h8-15,17H,2-7,16H2,1H3,(H,27,28)/b20-17+. The molecule has 4 nitrogen and oxygen atoms in total. The predicted octanol–water partition coefficient (Wildman–Crippen LogP) is 6.11. The van der Waals surface area contributed by atoms with E-state index in [1.165, 1.54) is 62.4 Å². The first-order valence-corrected chi connectivity index (χ1v) is 10.0. The van der Waals surface area contributed by atoms with Crippen LogP contribution in [0.4, 0.5) is 10.1 Å². The Morgan fingerprint density at radius 2 is 1.69 bits per heavy atom. The maximum Gasteiger partial charge on any atom is 0.266 e. The molecular formula is C24H27FN2O2. The molecule has 2 aromatic rings. The molecule has 0 bridgehead atoms. The zero-order valence-electron chi connectivity index (χ0n) is 16.8. The van der Waals surface area contributed by atoms with Crippen molar-refractivity contribution < 1.29 is 13.9 Å². The molecule has 2 aromatic carbocycles. The number of nitrogens with zero attached hydrogens (tertiary/aromatic N) is 1. The maximum absolute atomic E-state index is 12.9. The highest BCUT2D eigenvalue weighted by Crippen LogP contribution is 2.16. The van der Waals surface area contributed by atoms with Crippen LogP contribution in [0, 0.1) is 17.1 Å². The summed E-state index contributed by atoms with van der Waals surface area (Å²) in [7, 11) is 0. The van der Waals surface area contributed by atoms with Gasteiger partial charge in [-0.1, -0.05) is 51.2 Å². The number of carbonyl (C=O) groups excluding carboxylic acids is 1. The molecule has 0 aliphatic heterocycles. The average Bonchev–Trinajstić information content (AvgIpc) is 2.74. The van der Waals surface area contributed by atoms with E-state index in [-0.39, 0.29) is 5.57 Å². The number of carbonyl (C=O) groups is 1. The molecule has 152 valence electrons. The first kappa shape index (κ1) is 22.2. The Bertz CT molecular complexity index is 837. The molecular weight excluding hydrogens is 367 g/mol. The van der Waals surface area contributed by atoms with E-state index in [4.69, 9.17) is 4.74 Å². The number of nitriles is 1. The molecule has 0 aliphatic carbocycles. The second kappa shape index (κ2) is 12.4. The Morgan fingerprint density at radius 1 is 1.03 bits per heavy atom. The molecule has 1 amide bonds. The lowest BCUT2D eigenvalue weighted by Gasteiger charge is -2.07. The van der Waals surface area contributed by atoms with Gasteiger partial charge in [-0.05, 0) is 54.5 Å². The molecule has 0 spiro atoms. The third kappa shape index (κ3) is 8.18. The Kier molecular flexibility index (Phi) is 9.44. The molecule has 1 N–H and O–H groups in total. The Hall–Kier alpha value is -3.13. The van der Waals surface area contributed by atoms with Crippen molar-refractivity contribution in [3.05, 3.63) is 65.5 Å². The molecule has 29 heavy (non-hydrogen) atoms. The van der Waals surface area contributed by atoms with Gasteiger partial charge in [0.15, 0.2) is 0 Å². The lowest BCUT2D eigenvalue weighted by atomic mass is 10.1. The highest BCUT2D eigenvalue weighted by molar-refractivity contribution is 6.09. The first-order valence-electron chi connectivity index (χ1n) is 10.0. The Labute approximate surface area is 172 Å². The lowest BCUT2D eigenvalue weighted by Crippen LogP contribution is -2.13. The van der Waals surface area contributed by atoms with Crippen molar-refractivity contribution in [2.45, 2.75) is 45.4 Å². The van der Waals surface area contributed by atoms with Gasteiger partial charge in [-0.2, -0.15) is 5.26 Å². The van der Waals surface area contributed by atoms with Gasteiger partial charge >= 0.3 is 0 Å². The summed E-state index contributed by atoms with van der Waals surface area (Å²) in [6.45, 7) is 2.89. The van der Waals surface area contributed by atoms with E-state index in [0.717, 1.165) is 17.7 Å². The van der Waals surface area contributed by atoms with Crippen LogP contribution in [0.2, 0.25) is 0 Å². The number of anilines is 1.